The topological polar surface area (TPSA) is 58.1 Å². The lowest BCUT2D eigenvalue weighted by atomic mass is 10.0. The summed E-state index contributed by atoms with van der Waals surface area (Å²) < 4.78 is 1.71. The van der Waals surface area contributed by atoms with Crippen LogP contribution in [0, 0.1) is 4.77 Å². The third-order valence-electron chi connectivity index (χ3n) is 5.09. The molecule has 0 spiro atoms. The predicted octanol–water partition coefficient (Wildman–Crippen LogP) is 4.23. The fourth-order valence-electron chi connectivity index (χ4n) is 3.68. The van der Waals surface area contributed by atoms with E-state index in [1.54, 1.807) is 25.2 Å². The molecule has 1 aromatic heterocycles. The number of carbonyl (C=O) groups is 1. The van der Waals surface area contributed by atoms with E-state index in [4.69, 9.17) is 23.8 Å². The molecule has 1 saturated heterocycles. The number of nitrogens with zero attached hydrogens (tertiary/aromatic N) is 2. The second-order valence-corrected chi connectivity index (χ2v) is 7.59. The van der Waals surface area contributed by atoms with E-state index >= 15 is 0 Å². The highest BCUT2D eigenvalue weighted by Gasteiger charge is 2.30. The minimum Gasteiger partial charge on any atom is -0.332 e. The molecule has 7 heteroatoms. The number of likely N-dealkylation sites (tertiary alicyclic amines) is 1. The second-order valence-electron chi connectivity index (χ2n) is 6.77. The van der Waals surface area contributed by atoms with Gasteiger partial charge in [0.25, 0.3) is 11.5 Å². The first-order valence-corrected chi connectivity index (χ1v) is 9.54. The standard InChI is InChI=1S/C20H18ClN3O2S/c1-23-19(26)15-8-7-13(11-16(15)22-20(23)27)18(25)24-9-3-6-17(24)12-4-2-5-14(21)10-12/h2,4-5,7-8,10-11,17H,3,6,9H2,1H3,(H,22,27). The predicted molar refractivity (Wildman–Crippen MR) is 109 cm³/mol. The van der Waals surface area contributed by atoms with Crippen LogP contribution in [0.25, 0.3) is 10.9 Å². The van der Waals surface area contributed by atoms with Crippen molar-refractivity contribution in [1.82, 2.24) is 14.5 Å². The zero-order valence-corrected chi connectivity index (χ0v) is 16.3. The lowest BCUT2D eigenvalue weighted by Crippen LogP contribution is -2.30. The van der Waals surface area contributed by atoms with Gasteiger partial charge < -0.3 is 9.88 Å². The largest absolute Gasteiger partial charge is 0.332 e. The van der Waals surface area contributed by atoms with Gasteiger partial charge in [0.2, 0.25) is 0 Å². The first-order valence-electron chi connectivity index (χ1n) is 8.75. The van der Waals surface area contributed by atoms with Crippen molar-refractivity contribution in [2.24, 2.45) is 7.05 Å². The molecule has 5 nitrogen and oxygen atoms in total. The number of nitrogens with one attached hydrogen (secondary N) is 1. The molecule has 1 fully saturated rings. The van der Waals surface area contributed by atoms with Crippen LogP contribution in [0.4, 0.5) is 0 Å². The minimum atomic E-state index is -0.175. The van der Waals surface area contributed by atoms with Gasteiger partial charge in [-0.1, -0.05) is 23.7 Å². The maximum atomic E-state index is 13.2. The molecule has 27 heavy (non-hydrogen) atoms. The van der Waals surface area contributed by atoms with Crippen LogP contribution in [0.2, 0.25) is 5.02 Å². The smallest absolute Gasteiger partial charge is 0.261 e. The molecule has 2 heterocycles. The molecule has 1 atom stereocenters. The van der Waals surface area contributed by atoms with E-state index in [0.29, 0.717) is 32.8 Å². The summed E-state index contributed by atoms with van der Waals surface area (Å²) in [7, 11) is 1.62. The number of aromatic amines is 1. The molecular formula is C20H18ClN3O2S. The van der Waals surface area contributed by atoms with Crippen molar-refractivity contribution in [3.05, 3.63) is 73.7 Å². The Morgan fingerprint density at radius 2 is 2.07 bits per heavy atom. The van der Waals surface area contributed by atoms with Crippen molar-refractivity contribution < 1.29 is 4.79 Å². The van der Waals surface area contributed by atoms with Crippen molar-refractivity contribution in [3.63, 3.8) is 0 Å². The monoisotopic (exact) mass is 399 g/mol. The fraction of sp³-hybridized carbons (Fsp3) is 0.250. The zero-order valence-electron chi connectivity index (χ0n) is 14.7. The molecule has 3 aromatic rings. The number of hydrogen-bond donors (Lipinski definition) is 1. The molecule has 4 rings (SSSR count). The molecule has 138 valence electrons. The molecule has 1 amide bonds. The first kappa shape index (κ1) is 17.9. The van der Waals surface area contributed by atoms with Crippen molar-refractivity contribution in [3.8, 4) is 0 Å². The summed E-state index contributed by atoms with van der Waals surface area (Å²) in [4.78, 5) is 30.4. The number of benzene rings is 2. The lowest BCUT2D eigenvalue weighted by Gasteiger charge is -2.25. The third kappa shape index (κ3) is 3.19. The number of carbonyl (C=O) groups excluding carboxylic acids is 1. The Hall–Kier alpha value is -2.44. The van der Waals surface area contributed by atoms with Crippen molar-refractivity contribution in [2.45, 2.75) is 18.9 Å². The number of halogens is 1. The Balaban J connectivity index is 1.72. The second kappa shape index (κ2) is 6.94. The lowest BCUT2D eigenvalue weighted by molar-refractivity contribution is 0.0736. The van der Waals surface area contributed by atoms with Crippen LogP contribution in [0.5, 0.6) is 0 Å². The van der Waals surface area contributed by atoms with E-state index in [9.17, 15) is 9.59 Å². The van der Waals surface area contributed by atoms with Gasteiger partial charge in [0.05, 0.1) is 16.9 Å². The average Bonchev–Trinajstić information content (AvgIpc) is 3.15. The SMILES string of the molecule is Cn1c(=S)[nH]c2cc(C(=O)N3CCCC3c3cccc(Cl)c3)ccc2c1=O. The number of aromatic nitrogens is 2. The van der Waals surface area contributed by atoms with Gasteiger partial charge in [-0.05, 0) is 61.0 Å². The minimum absolute atomic E-state index is 0.00836. The maximum absolute atomic E-state index is 13.2. The summed E-state index contributed by atoms with van der Waals surface area (Å²) in [5, 5.41) is 1.18. The van der Waals surface area contributed by atoms with Gasteiger partial charge in [0.1, 0.15) is 0 Å². The molecule has 1 unspecified atom stereocenters. The van der Waals surface area contributed by atoms with E-state index in [-0.39, 0.29) is 17.5 Å². The van der Waals surface area contributed by atoms with Crippen LogP contribution in [0.3, 0.4) is 0 Å². The highest BCUT2D eigenvalue weighted by molar-refractivity contribution is 7.71. The molecule has 2 aromatic carbocycles. The molecule has 0 aliphatic carbocycles. The summed E-state index contributed by atoms with van der Waals surface area (Å²) in [6, 6.07) is 12.8. The van der Waals surface area contributed by atoms with Gasteiger partial charge in [-0.15, -0.1) is 0 Å². The van der Waals surface area contributed by atoms with Gasteiger partial charge in [-0.3, -0.25) is 14.2 Å². The van der Waals surface area contributed by atoms with Gasteiger partial charge in [-0.2, -0.15) is 0 Å². The number of H-pyrrole nitrogens is 1. The molecule has 0 radical (unpaired) electrons. The zero-order chi connectivity index (χ0) is 19.1. The third-order valence-corrected chi connectivity index (χ3v) is 5.71. The van der Waals surface area contributed by atoms with Gasteiger partial charge >= 0.3 is 0 Å². The maximum Gasteiger partial charge on any atom is 0.261 e. The summed E-state index contributed by atoms with van der Waals surface area (Å²) in [5.74, 6) is -0.0561. The van der Waals surface area contributed by atoms with E-state index in [2.05, 4.69) is 4.98 Å². The van der Waals surface area contributed by atoms with Crippen LogP contribution >= 0.6 is 23.8 Å². The Labute approximate surface area is 166 Å². The van der Waals surface area contributed by atoms with Crippen molar-refractivity contribution in [2.75, 3.05) is 6.54 Å². The van der Waals surface area contributed by atoms with Gasteiger partial charge in [0.15, 0.2) is 4.77 Å². The normalized spacial score (nSPS) is 16.8. The number of hydrogen-bond acceptors (Lipinski definition) is 3. The Morgan fingerprint density at radius 3 is 2.85 bits per heavy atom. The molecule has 0 saturated carbocycles. The van der Waals surface area contributed by atoms with Crippen LogP contribution in [0.1, 0.15) is 34.8 Å². The Morgan fingerprint density at radius 1 is 1.26 bits per heavy atom. The number of fused-ring (bicyclic) bond motifs is 1. The number of rotatable bonds is 2. The summed E-state index contributed by atoms with van der Waals surface area (Å²) in [5.41, 5.74) is 1.98. The highest BCUT2D eigenvalue weighted by Crippen LogP contribution is 2.34. The molecule has 0 bridgehead atoms. The van der Waals surface area contributed by atoms with E-state index < -0.39 is 0 Å². The molecule has 1 aliphatic heterocycles. The van der Waals surface area contributed by atoms with Crippen LogP contribution in [-0.2, 0) is 7.05 Å². The van der Waals surface area contributed by atoms with E-state index in [1.165, 1.54) is 4.57 Å². The number of amides is 1. The fourth-order valence-corrected chi connectivity index (χ4v) is 4.07. The molecular weight excluding hydrogens is 382 g/mol. The summed E-state index contributed by atoms with van der Waals surface area (Å²) in [6.07, 6.45) is 1.85. The van der Waals surface area contributed by atoms with Crippen LogP contribution < -0.4 is 5.56 Å². The van der Waals surface area contributed by atoms with E-state index in [1.807, 2.05) is 29.2 Å². The van der Waals surface area contributed by atoms with Crippen molar-refractivity contribution in [1.29, 1.82) is 0 Å². The Bertz CT molecular complexity index is 1170. The van der Waals surface area contributed by atoms with Crippen LogP contribution in [0.15, 0.2) is 47.3 Å². The average molecular weight is 400 g/mol. The van der Waals surface area contributed by atoms with Gasteiger partial charge in [0, 0.05) is 24.2 Å². The molecule has 1 aliphatic rings. The van der Waals surface area contributed by atoms with Crippen LogP contribution in [-0.4, -0.2) is 26.9 Å². The quantitative estimate of drug-likeness (QED) is 0.656. The Kier molecular flexibility index (Phi) is 4.61. The molecule has 1 N–H and O–H groups in total. The highest BCUT2D eigenvalue weighted by atomic mass is 35.5. The van der Waals surface area contributed by atoms with Crippen molar-refractivity contribution >= 4 is 40.6 Å². The van der Waals surface area contributed by atoms with Gasteiger partial charge in [-0.25, -0.2) is 0 Å². The van der Waals surface area contributed by atoms with E-state index in [0.717, 1.165) is 18.4 Å². The first-order chi connectivity index (χ1) is 13.0. The summed E-state index contributed by atoms with van der Waals surface area (Å²) in [6.45, 7) is 0.695. The summed E-state index contributed by atoms with van der Waals surface area (Å²) >= 11 is 11.3.